The molecule has 0 unspecified atom stereocenters. The highest BCUT2D eigenvalue weighted by atomic mass is 79.9. The second kappa shape index (κ2) is 8.18. The molecule has 0 saturated heterocycles. The number of amides is 1. The van der Waals surface area contributed by atoms with Crippen molar-refractivity contribution in [2.75, 3.05) is 13.2 Å². The van der Waals surface area contributed by atoms with Crippen LogP contribution in [0.3, 0.4) is 0 Å². The number of nitriles is 1. The van der Waals surface area contributed by atoms with Crippen LogP contribution in [0.25, 0.3) is 10.9 Å². The topological polar surface area (TPSA) is 76.3 Å². The van der Waals surface area contributed by atoms with Crippen LogP contribution in [0.15, 0.2) is 47.1 Å². The van der Waals surface area contributed by atoms with E-state index in [9.17, 15) is 10.1 Å². The molecule has 2 heterocycles. The summed E-state index contributed by atoms with van der Waals surface area (Å²) < 4.78 is 14.1. The lowest BCUT2D eigenvalue weighted by Crippen LogP contribution is -2.29. The molecule has 3 aromatic rings. The number of halogens is 1. The number of aromatic nitrogens is 1. The van der Waals surface area contributed by atoms with Gasteiger partial charge in [-0.15, -0.1) is 0 Å². The molecular formula is C22H20BrN3O3. The number of rotatable bonds is 4. The molecule has 6 nitrogen and oxygen atoms in total. The lowest BCUT2D eigenvalue weighted by Gasteiger charge is -2.17. The Kier molecular flexibility index (Phi) is 5.45. The second-order valence-electron chi connectivity index (χ2n) is 6.99. The van der Waals surface area contributed by atoms with Gasteiger partial charge >= 0.3 is 0 Å². The zero-order valence-electron chi connectivity index (χ0n) is 15.9. The number of fused-ring (bicyclic) bond motifs is 2. The Balaban J connectivity index is 1.50. The molecule has 1 N–H and O–H groups in total. The van der Waals surface area contributed by atoms with Crippen molar-refractivity contribution in [3.8, 4) is 17.6 Å². The van der Waals surface area contributed by atoms with Crippen LogP contribution in [-0.2, 0) is 11.3 Å². The number of nitrogens with one attached hydrogen (secondary N) is 1. The van der Waals surface area contributed by atoms with E-state index in [1.165, 1.54) is 0 Å². The number of benzene rings is 2. The van der Waals surface area contributed by atoms with E-state index in [2.05, 4.69) is 27.3 Å². The molecule has 4 rings (SSSR count). The average Bonchev–Trinajstić information content (AvgIpc) is 2.88. The maximum Gasteiger partial charge on any atom is 0.240 e. The van der Waals surface area contributed by atoms with Crippen LogP contribution in [0.4, 0.5) is 0 Å². The molecule has 0 aliphatic carbocycles. The second-order valence-corrected chi connectivity index (χ2v) is 7.91. The molecule has 0 spiro atoms. The van der Waals surface area contributed by atoms with Crippen LogP contribution < -0.4 is 14.8 Å². The van der Waals surface area contributed by atoms with Crippen LogP contribution in [0.5, 0.6) is 11.5 Å². The van der Waals surface area contributed by atoms with Crippen molar-refractivity contribution in [1.29, 1.82) is 5.26 Å². The normalized spacial score (nSPS) is 14.1. The Hall–Kier alpha value is -2.98. The summed E-state index contributed by atoms with van der Waals surface area (Å²) in [5, 5.41) is 13.2. The van der Waals surface area contributed by atoms with E-state index in [0.717, 1.165) is 33.1 Å². The summed E-state index contributed by atoms with van der Waals surface area (Å²) in [6.45, 7) is 3.33. The molecular weight excluding hydrogens is 434 g/mol. The molecule has 7 heteroatoms. The molecule has 1 aromatic heterocycles. The van der Waals surface area contributed by atoms with Gasteiger partial charge < -0.3 is 19.4 Å². The Morgan fingerprint density at radius 2 is 2.03 bits per heavy atom. The standard InChI is InChI=1S/C22H20BrN3O3/c1-14(15-3-6-20-21(9-15)29-8-2-7-28-20)25-22(27)13-26-12-16(11-24)18-10-17(23)4-5-19(18)26/h3-6,9-10,12,14H,2,7-8,13H2,1H3,(H,25,27)/t14-/m1/s1. The Bertz CT molecular complexity index is 1120. The molecule has 0 bridgehead atoms. The van der Waals surface area contributed by atoms with Gasteiger partial charge in [-0.2, -0.15) is 5.26 Å². The Morgan fingerprint density at radius 3 is 2.83 bits per heavy atom. The molecule has 2 aromatic carbocycles. The first-order valence-electron chi connectivity index (χ1n) is 9.42. The number of carbonyl (C=O) groups excluding carboxylic acids is 1. The summed E-state index contributed by atoms with van der Waals surface area (Å²) in [6, 6.07) is 13.4. The predicted molar refractivity (Wildman–Crippen MR) is 113 cm³/mol. The number of hydrogen-bond donors (Lipinski definition) is 1. The summed E-state index contributed by atoms with van der Waals surface area (Å²) in [7, 11) is 0. The van der Waals surface area contributed by atoms with E-state index >= 15 is 0 Å². The van der Waals surface area contributed by atoms with Crippen LogP contribution in [-0.4, -0.2) is 23.7 Å². The minimum atomic E-state index is -0.189. The molecule has 1 atom stereocenters. The number of carbonyl (C=O) groups is 1. The molecule has 1 aliphatic rings. The zero-order valence-corrected chi connectivity index (χ0v) is 17.5. The third kappa shape index (κ3) is 4.08. The highest BCUT2D eigenvalue weighted by Crippen LogP contribution is 2.32. The fourth-order valence-corrected chi connectivity index (χ4v) is 3.82. The molecule has 0 radical (unpaired) electrons. The highest BCUT2D eigenvalue weighted by Gasteiger charge is 2.17. The fraction of sp³-hybridized carbons (Fsp3) is 0.273. The highest BCUT2D eigenvalue weighted by molar-refractivity contribution is 9.10. The van der Waals surface area contributed by atoms with Crippen molar-refractivity contribution in [3.05, 3.63) is 58.2 Å². The van der Waals surface area contributed by atoms with Gasteiger partial charge in [-0.25, -0.2) is 0 Å². The smallest absolute Gasteiger partial charge is 0.240 e. The van der Waals surface area contributed by atoms with Gasteiger partial charge in [0, 0.05) is 28.0 Å². The summed E-state index contributed by atoms with van der Waals surface area (Å²) in [5.74, 6) is 1.31. The van der Waals surface area contributed by atoms with Gasteiger partial charge in [-0.1, -0.05) is 22.0 Å². The third-order valence-corrected chi connectivity index (χ3v) is 5.42. The summed E-state index contributed by atoms with van der Waals surface area (Å²) in [4.78, 5) is 12.7. The largest absolute Gasteiger partial charge is 0.490 e. The lowest BCUT2D eigenvalue weighted by molar-refractivity contribution is -0.122. The van der Waals surface area contributed by atoms with Crippen LogP contribution >= 0.6 is 15.9 Å². The van der Waals surface area contributed by atoms with Crippen LogP contribution in [0, 0.1) is 11.3 Å². The maximum absolute atomic E-state index is 12.7. The lowest BCUT2D eigenvalue weighted by atomic mass is 10.1. The zero-order chi connectivity index (χ0) is 20.4. The Labute approximate surface area is 177 Å². The summed E-state index contributed by atoms with van der Waals surface area (Å²) >= 11 is 3.43. The summed E-state index contributed by atoms with van der Waals surface area (Å²) in [5.41, 5.74) is 2.34. The number of hydrogen-bond acceptors (Lipinski definition) is 4. The van der Waals surface area contributed by atoms with Crippen molar-refractivity contribution in [1.82, 2.24) is 9.88 Å². The first kappa shape index (κ1) is 19.3. The van der Waals surface area contributed by atoms with E-state index in [0.29, 0.717) is 24.5 Å². The van der Waals surface area contributed by atoms with Gasteiger partial charge in [0.15, 0.2) is 11.5 Å². The molecule has 1 aliphatic heterocycles. The van der Waals surface area contributed by atoms with Gasteiger partial charge in [-0.05, 0) is 42.8 Å². The average molecular weight is 454 g/mol. The SMILES string of the molecule is C[C@@H](NC(=O)Cn1cc(C#N)c2cc(Br)ccc21)c1ccc2c(c1)OCCCO2. The van der Waals surface area contributed by atoms with E-state index in [1.807, 2.05) is 43.3 Å². The van der Waals surface area contributed by atoms with Crippen molar-refractivity contribution < 1.29 is 14.3 Å². The van der Waals surface area contributed by atoms with Crippen LogP contribution in [0.1, 0.15) is 30.5 Å². The number of ether oxygens (including phenoxy) is 2. The maximum atomic E-state index is 12.7. The monoisotopic (exact) mass is 453 g/mol. The van der Waals surface area contributed by atoms with E-state index < -0.39 is 0 Å². The molecule has 0 fully saturated rings. The first-order chi connectivity index (χ1) is 14.0. The van der Waals surface area contributed by atoms with Gasteiger partial charge in [0.1, 0.15) is 12.6 Å². The van der Waals surface area contributed by atoms with Gasteiger partial charge in [-0.3, -0.25) is 4.79 Å². The predicted octanol–water partition coefficient (Wildman–Crippen LogP) is 4.31. The quantitative estimate of drug-likeness (QED) is 0.638. The third-order valence-electron chi connectivity index (χ3n) is 4.93. The van der Waals surface area contributed by atoms with Crippen molar-refractivity contribution >= 4 is 32.7 Å². The van der Waals surface area contributed by atoms with Crippen molar-refractivity contribution in [3.63, 3.8) is 0 Å². The molecule has 0 saturated carbocycles. The molecule has 29 heavy (non-hydrogen) atoms. The van der Waals surface area contributed by atoms with E-state index in [1.54, 1.807) is 10.8 Å². The van der Waals surface area contributed by atoms with E-state index in [-0.39, 0.29) is 18.5 Å². The van der Waals surface area contributed by atoms with Gasteiger partial charge in [0.2, 0.25) is 5.91 Å². The minimum absolute atomic E-state index is 0.131. The molecule has 148 valence electrons. The summed E-state index contributed by atoms with van der Waals surface area (Å²) in [6.07, 6.45) is 2.57. The fourth-order valence-electron chi connectivity index (χ4n) is 3.46. The van der Waals surface area contributed by atoms with Gasteiger partial charge in [0.25, 0.3) is 0 Å². The molecule has 1 amide bonds. The van der Waals surface area contributed by atoms with Crippen molar-refractivity contribution in [2.45, 2.75) is 25.9 Å². The van der Waals surface area contributed by atoms with E-state index in [4.69, 9.17) is 9.47 Å². The van der Waals surface area contributed by atoms with Crippen molar-refractivity contribution in [2.24, 2.45) is 0 Å². The Morgan fingerprint density at radius 1 is 1.24 bits per heavy atom. The first-order valence-corrected chi connectivity index (χ1v) is 10.2. The van der Waals surface area contributed by atoms with Gasteiger partial charge in [0.05, 0.1) is 24.8 Å². The number of nitrogens with zero attached hydrogens (tertiary/aromatic N) is 2. The minimum Gasteiger partial charge on any atom is -0.490 e. The van der Waals surface area contributed by atoms with Crippen LogP contribution in [0.2, 0.25) is 0 Å².